The van der Waals surface area contributed by atoms with E-state index in [1.807, 2.05) is 13.8 Å². The van der Waals surface area contributed by atoms with E-state index in [2.05, 4.69) is 15.5 Å². The van der Waals surface area contributed by atoms with Crippen LogP contribution in [0, 0.1) is 5.92 Å². The second-order valence-electron chi connectivity index (χ2n) is 7.40. The summed E-state index contributed by atoms with van der Waals surface area (Å²) in [7, 11) is 1.64. The first-order valence-corrected chi connectivity index (χ1v) is 9.74. The van der Waals surface area contributed by atoms with Crippen LogP contribution in [-0.2, 0) is 11.2 Å². The minimum Gasteiger partial charge on any atom is -0.479 e. The van der Waals surface area contributed by atoms with Crippen LogP contribution in [0.25, 0.3) is 0 Å². The molecule has 10 heteroatoms. The van der Waals surface area contributed by atoms with Gasteiger partial charge >= 0.3 is 5.97 Å². The molecule has 30 heavy (non-hydrogen) atoms. The SMILES string of the molecule is CC(C)CN(C)C(=O)c1cc(C(=O)N[C@H](Cc2ccccc2Cl)[C@@H](O)C(=O)O)n[nH]1. The van der Waals surface area contributed by atoms with Crippen molar-refractivity contribution in [3.8, 4) is 0 Å². The summed E-state index contributed by atoms with van der Waals surface area (Å²) in [5, 5.41) is 28.4. The third-order valence-corrected chi connectivity index (χ3v) is 4.74. The molecule has 2 aromatic rings. The molecular formula is C20H25ClN4O5. The van der Waals surface area contributed by atoms with Crippen LogP contribution in [0.15, 0.2) is 30.3 Å². The summed E-state index contributed by atoms with van der Waals surface area (Å²) < 4.78 is 0. The van der Waals surface area contributed by atoms with E-state index >= 15 is 0 Å². The summed E-state index contributed by atoms with van der Waals surface area (Å²) in [6.45, 7) is 4.48. The molecule has 0 unspecified atom stereocenters. The highest BCUT2D eigenvalue weighted by molar-refractivity contribution is 6.31. The first-order chi connectivity index (χ1) is 14.1. The van der Waals surface area contributed by atoms with Crippen LogP contribution in [0.2, 0.25) is 5.02 Å². The Balaban J connectivity index is 2.16. The number of carbonyl (C=O) groups is 3. The highest BCUT2D eigenvalue weighted by atomic mass is 35.5. The maximum absolute atomic E-state index is 12.6. The molecule has 0 saturated heterocycles. The molecule has 2 atom stereocenters. The molecule has 0 spiro atoms. The number of nitrogens with zero attached hydrogens (tertiary/aromatic N) is 2. The number of H-pyrrole nitrogens is 1. The van der Waals surface area contributed by atoms with Gasteiger partial charge in [-0.1, -0.05) is 43.6 Å². The van der Waals surface area contributed by atoms with Crippen molar-refractivity contribution < 1.29 is 24.6 Å². The number of halogens is 1. The van der Waals surface area contributed by atoms with Crippen LogP contribution < -0.4 is 5.32 Å². The van der Waals surface area contributed by atoms with Crippen molar-refractivity contribution in [2.75, 3.05) is 13.6 Å². The zero-order chi connectivity index (χ0) is 22.4. The lowest BCUT2D eigenvalue weighted by Crippen LogP contribution is -2.48. The molecule has 0 aliphatic rings. The summed E-state index contributed by atoms with van der Waals surface area (Å²) in [6.07, 6.45) is -1.87. The fourth-order valence-corrected chi connectivity index (χ4v) is 3.15. The predicted molar refractivity (Wildman–Crippen MR) is 110 cm³/mol. The number of aliphatic hydroxyl groups excluding tert-OH is 1. The zero-order valence-electron chi connectivity index (χ0n) is 16.9. The van der Waals surface area contributed by atoms with Crippen LogP contribution in [0.4, 0.5) is 0 Å². The Morgan fingerprint density at radius 2 is 1.93 bits per heavy atom. The van der Waals surface area contributed by atoms with Gasteiger partial charge < -0.3 is 20.4 Å². The van der Waals surface area contributed by atoms with Crippen LogP contribution in [0.1, 0.15) is 40.4 Å². The lowest BCUT2D eigenvalue weighted by atomic mass is 10.0. The molecule has 2 amide bonds. The Morgan fingerprint density at radius 1 is 1.27 bits per heavy atom. The van der Waals surface area contributed by atoms with Gasteiger partial charge in [-0.25, -0.2) is 4.79 Å². The molecule has 0 bridgehead atoms. The summed E-state index contributed by atoms with van der Waals surface area (Å²) in [5.41, 5.74) is 0.598. The van der Waals surface area contributed by atoms with Gasteiger partial charge in [-0.15, -0.1) is 0 Å². The van der Waals surface area contributed by atoms with Crippen molar-refractivity contribution >= 4 is 29.4 Å². The highest BCUT2D eigenvalue weighted by Gasteiger charge is 2.29. The van der Waals surface area contributed by atoms with Gasteiger partial charge in [-0.2, -0.15) is 5.10 Å². The Morgan fingerprint density at radius 3 is 2.53 bits per heavy atom. The first kappa shape index (κ1) is 23.4. The molecule has 0 aliphatic heterocycles. The van der Waals surface area contributed by atoms with E-state index in [1.54, 1.807) is 31.3 Å². The van der Waals surface area contributed by atoms with E-state index in [9.17, 15) is 24.6 Å². The van der Waals surface area contributed by atoms with E-state index in [-0.39, 0.29) is 29.6 Å². The quantitative estimate of drug-likeness (QED) is 0.471. The average molecular weight is 437 g/mol. The van der Waals surface area contributed by atoms with Gasteiger partial charge in [0.1, 0.15) is 5.69 Å². The molecule has 0 radical (unpaired) electrons. The number of aromatic nitrogens is 2. The molecule has 2 rings (SSSR count). The second kappa shape index (κ2) is 10.2. The Bertz CT molecular complexity index is 914. The summed E-state index contributed by atoms with van der Waals surface area (Å²) in [6, 6.07) is 6.86. The Hall–Kier alpha value is -2.91. The normalized spacial score (nSPS) is 13.0. The van der Waals surface area contributed by atoms with Gasteiger partial charge in [0.05, 0.1) is 6.04 Å². The van der Waals surface area contributed by atoms with Gasteiger partial charge in [-0.3, -0.25) is 14.7 Å². The smallest absolute Gasteiger partial charge is 0.334 e. The van der Waals surface area contributed by atoms with Gasteiger partial charge in [0.25, 0.3) is 11.8 Å². The number of benzene rings is 1. The predicted octanol–water partition coefficient (Wildman–Crippen LogP) is 1.58. The molecule has 1 aromatic carbocycles. The molecule has 4 N–H and O–H groups in total. The van der Waals surface area contributed by atoms with Crippen LogP contribution in [-0.4, -0.2) is 68.8 Å². The van der Waals surface area contributed by atoms with E-state index in [4.69, 9.17) is 11.6 Å². The van der Waals surface area contributed by atoms with Crippen molar-refractivity contribution in [2.45, 2.75) is 32.4 Å². The van der Waals surface area contributed by atoms with Crippen molar-refractivity contribution in [3.05, 3.63) is 52.3 Å². The van der Waals surface area contributed by atoms with Gasteiger partial charge in [0.15, 0.2) is 11.8 Å². The monoisotopic (exact) mass is 436 g/mol. The van der Waals surface area contributed by atoms with Gasteiger partial charge in [0.2, 0.25) is 0 Å². The lowest BCUT2D eigenvalue weighted by Gasteiger charge is -2.21. The van der Waals surface area contributed by atoms with Crippen LogP contribution in [0.3, 0.4) is 0 Å². The lowest BCUT2D eigenvalue weighted by molar-refractivity contribution is -0.148. The standard InChI is InChI=1S/C20H25ClN4O5/c1-11(2)10-25(3)19(28)16-9-15(23-24-16)18(27)22-14(17(26)20(29)30)8-12-6-4-5-7-13(12)21/h4-7,9,11,14,17,26H,8,10H2,1-3H3,(H,22,27)(H,23,24)(H,29,30)/t14-,17-/m1/s1. The summed E-state index contributed by atoms with van der Waals surface area (Å²) in [5.74, 6) is -2.27. The number of aliphatic hydroxyl groups is 1. The van der Waals surface area contributed by atoms with Gasteiger partial charge in [-0.05, 0) is 24.0 Å². The number of aromatic amines is 1. The number of carboxylic acids is 1. The van der Waals surface area contributed by atoms with Crippen molar-refractivity contribution in [2.24, 2.45) is 5.92 Å². The number of aliphatic carboxylic acids is 1. The van der Waals surface area contributed by atoms with Crippen LogP contribution in [0.5, 0.6) is 0 Å². The number of carbonyl (C=O) groups excluding carboxylic acids is 2. The zero-order valence-corrected chi connectivity index (χ0v) is 17.7. The maximum atomic E-state index is 12.6. The largest absolute Gasteiger partial charge is 0.479 e. The molecule has 0 aliphatic carbocycles. The number of hydrogen-bond acceptors (Lipinski definition) is 5. The molecule has 1 heterocycles. The Kier molecular flexibility index (Phi) is 7.96. The fraction of sp³-hybridized carbons (Fsp3) is 0.400. The molecular weight excluding hydrogens is 412 g/mol. The minimum absolute atomic E-state index is 0.00772. The number of amides is 2. The summed E-state index contributed by atoms with van der Waals surface area (Å²) in [4.78, 5) is 37.8. The Labute approximate surface area is 179 Å². The van der Waals surface area contributed by atoms with Crippen molar-refractivity contribution in [1.82, 2.24) is 20.4 Å². The molecule has 162 valence electrons. The number of carboxylic acid groups (broad SMARTS) is 1. The van der Waals surface area contributed by atoms with Crippen molar-refractivity contribution in [3.63, 3.8) is 0 Å². The minimum atomic E-state index is -1.86. The van der Waals surface area contributed by atoms with E-state index in [0.717, 1.165) is 0 Å². The summed E-state index contributed by atoms with van der Waals surface area (Å²) >= 11 is 6.11. The average Bonchev–Trinajstić information content (AvgIpc) is 3.17. The first-order valence-electron chi connectivity index (χ1n) is 9.36. The topological polar surface area (TPSA) is 136 Å². The van der Waals surface area contributed by atoms with E-state index < -0.39 is 24.0 Å². The molecule has 9 nitrogen and oxygen atoms in total. The maximum Gasteiger partial charge on any atom is 0.334 e. The molecule has 1 aromatic heterocycles. The molecule has 0 saturated carbocycles. The fourth-order valence-electron chi connectivity index (χ4n) is 2.94. The van der Waals surface area contributed by atoms with E-state index in [0.29, 0.717) is 17.1 Å². The highest BCUT2D eigenvalue weighted by Crippen LogP contribution is 2.18. The third-order valence-electron chi connectivity index (χ3n) is 4.37. The molecule has 0 fully saturated rings. The van der Waals surface area contributed by atoms with Gasteiger partial charge in [0, 0.05) is 24.7 Å². The second-order valence-corrected chi connectivity index (χ2v) is 7.81. The third kappa shape index (κ3) is 6.04. The van der Waals surface area contributed by atoms with Crippen molar-refractivity contribution in [1.29, 1.82) is 0 Å². The number of nitrogens with one attached hydrogen (secondary N) is 2. The van der Waals surface area contributed by atoms with Crippen LogP contribution >= 0.6 is 11.6 Å². The van der Waals surface area contributed by atoms with E-state index in [1.165, 1.54) is 11.0 Å². The number of hydrogen-bond donors (Lipinski definition) is 4. The number of rotatable bonds is 9.